The number of nitrogens with one attached hydrogen (secondary N) is 1. The molecule has 1 aromatic rings. The molecule has 0 aliphatic carbocycles. The molecular weight excluding hydrogens is 457 g/mol. The number of benzene rings is 1. The predicted molar refractivity (Wildman–Crippen MR) is 121 cm³/mol. The first-order chi connectivity index (χ1) is 12.7. The molecule has 0 spiro atoms. The summed E-state index contributed by atoms with van der Waals surface area (Å²) in [5.74, 6) is 3.20. The Bertz CT molecular complexity index is 578. The normalized spacial score (nSPS) is 15.0. The van der Waals surface area contributed by atoms with Gasteiger partial charge in [0.15, 0.2) is 17.5 Å². The van der Waals surface area contributed by atoms with E-state index in [-0.39, 0.29) is 24.0 Å². The summed E-state index contributed by atoms with van der Waals surface area (Å²) < 4.78 is 16.4. The molecule has 1 aromatic carbocycles. The van der Waals surface area contributed by atoms with Crippen LogP contribution in [0.25, 0.3) is 0 Å². The van der Waals surface area contributed by atoms with E-state index in [1.165, 1.54) is 19.3 Å². The maximum absolute atomic E-state index is 5.57. The lowest BCUT2D eigenvalue weighted by Gasteiger charge is -2.27. The van der Waals surface area contributed by atoms with Crippen LogP contribution >= 0.6 is 24.0 Å². The van der Waals surface area contributed by atoms with E-state index in [0.29, 0.717) is 13.2 Å². The second-order valence-electron chi connectivity index (χ2n) is 6.58. The maximum Gasteiger partial charge on any atom is 0.193 e. The third-order valence-corrected chi connectivity index (χ3v) is 4.77. The lowest BCUT2D eigenvalue weighted by Crippen LogP contribution is -2.39. The number of guanidine groups is 1. The van der Waals surface area contributed by atoms with Crippen molar-refractivity contribution < 1.29 is 14.2 Å². The zero-order valence-electron chi connectivity index (χ0n) is 17.0. The topological polar surface area (TPSA) is 55.3 Å². The molecule has 0 aromatic heterocycles. The van der Waals surface area contributed by atoms with E-state index in [0.717, 1.165) is 48.7 Å². The molecule has 154 valence electrons. The van der Waals surface area contributed by atoms with Crippen molar-refractivity contribution in [2.75, 3.05) is 47.6 Å². The molecule has 1 aliphatic heterocycles. The second kappa shape index (κ2) is 13.0. The standard InChI is InChI=1S/C20H33N3O3.HI/c1-5-26-18-7-6-17(14-19(18)24-4)15-22-20(21-2)23(3)11-8-16-9-12-25-13-10-16;/h6-7,14,16H,5,8-13,15H2,1-4H3,(H,21,22);1H. The Balaban J connectivity index is 0.00000364. The number of halogens is 1. The van der Waals surface area contributed by atoms with Crippen molar-refractivity contribution in [1.29, 1.82) is 0 Å². The van der Waals surface area contributed by atoms with E-state index in [4.69, 9.17) is 14.2 Å². The van der Waals surface area contributed by atoms with Crippen LogP contribution in [0.3, 0.4) is 0 Å². The molecule has 7 heteroatoms. The molecule has 1 heterocycles. The zero-order valence-corrected chi connectivity index (χ0v) is 19.3. The van der Waals surface area contributed by atoms with Crippen LogP contribution in [0.2, 0.25) is 0 Å². The van der Waals surface area contributed by atoms with Crippen molar-refractivity contribution in [3.8, 4) is 11.5 Å². The Morgan fingerprint density at radius 2 is 2.04 bits per heavy atom. The van der Waals surface area contributed by atoms with Crippen LogP contribution in [0, 0.1) is 5.92 Å². The van der Waals surface area contributed by atoms with Gasteiger partial charge in [0, 0.05) is 40.4 Å². The molecule has 1 N–H and O–H groups in total. The van der Waals surface area contributed by atoms with E-state index in [1.807, 2.05) is 26.1 Å². The second-order valence-corrected chi connectivity index (χ2v) is 6.58. The van der Waals surface area contributed by atoms with Gasteiger partial charge in [-0.05, 0) is 49.8 Å². The highest BCUT2D eigenvalue weighted by molar-refractivity contribution is 14.0. The smallest absolute Gasteiger partial charge is 0.193 e. The van der Waals surface area contributed by atoms with Gasteiger partial charge in [-0.15, -0.1) is 24.0 Å². The highest BCUT2D eigenvalue weighted by atomic mass is 127. The van der Waals surface area contributed by atoms with Gasteiger partial charge in [-0.25, -0.2) is 0 Å². The van der Waals surface area contributed by atoms with E-state index in [9.17, 15) is 0 Å². The molecule has 0 radical (unpaired) electrons. The average molecular weight is 491 g/mol. The first-order valence-corrected chi connectivity index (χ1v) is 9.47. The summed E-state index contributed by atoms with van der Waals surface area (Å²) in [6.45, 7) is 6.09. The summed E-state index contributed by atoms with van der Waals surface area (Å²) in [7, 11) is 5.58. The Labute approximate surface area is 180 Å². The SMILES string of the molecule is CCOc1ccc(CNC(=NC)N(C)CCC2CCOCC2)cc1OC.I. The molecule has 2 rings (SSSR count). The lowest BCUT2D eigenvalue weighted by molar-refractivity contribution is 0.0625. The Morgan fingerprint density at radius 3 is 2.67 bits per heavy atom. The Morgan fingerprint density at radius 1 is 1.30 bits per heavy atom. The average Bonchev–Trinajstić information content (AvgIpc) is 2.68. The fraction of sp³-hybridized carbons (Fsp3) is 0.650. The van der Waals surface area contributed by atoms with Gasteiger partial charge in [0.1, 0.15) is 0 Å². The van der Waals surface area contributed by atoms with Gasteiger partial charge in [-0.3, -0.25) is 4.99 Å². The van der Waals surface area contributed by atoms with Crippen LogP contribution < -0.4 is 14.8 Å². The van der Waals surface area contributed by atoms with Gasteiger partial charge >= 0.3 is 0 Å². The number of nitrogens with zero attached hydrogens (tertiary/aromatic N) is 2. The number of hydrogen-bond acceptors (Lipinski definition) is 4. The third kappa shape index (κ3) is 7.73. The van der Waals surface area contributed by atoms with Gasteiger partial charge in [0.25, 0.3) is 0 Å². The quantitative estimate of drug-likeness (QED) is 0.343. The summed E-state index contributed by atoms with van der Waals surface area (Å²) in [5, 5.41) is 3.43. The number of ether oxygens (including phenoxy) is 3. The highest BCUT2D eigenvalue weighted by Gasteiger charge is 2.15. The van der Waals surface area contributed by atoms with Crippen molar-refractivity contribution in [2.24, 2.45) is 10.9 Å². The fourth-order valence-corrected chi connectivity index (χ4v) is 3.18. The minimum Gasteiger partial charge on any atom is -0.493 e. The van der Waals surface area contributed by atoms with Gasteiger partial charge in [-0.1, -0.05) is 6.07 Å². The molecular formula is C20H34IN3O3. The van der Waals surface area contributed by atoms with E-state index in [1.54, 1.807) is 7.11 Å². The van der Waals surface area contributed by atoms with Crippen molar-refractivity contribution in [3.05, 3.63) is 23.8 Å². The Kier molecular flexibility index (Phi) is 11.5. The summed E-state index contributed by atoms with van der Waals surface area (Å²) in [5.41, 5.74) is 1.13. The molecule has 0 atom stereocenters. The van der Waals surface area contributed by atoms with Crippen LogP contribution in [0.4, 0.5) is 0 Å². The zero-order chi connectivity index (χ0) is 18.8. The third-order valence-electron chi connectivity index (χ3n) is 4.77. The largest absolute Gasteiger partial charge is 0.493 e. The number of rotatable bonds is 8. The monoisotopic (exact) mass is 491 g/mol. The van der Waals surface area contributed by atoms with Crippen molar-refractivity contribution in [3.63, 3.8) is 0 Å². The van der Waals surface area contributed by atoms with Crippen LogP contribution in [0.1, 0.15) is 31.7 Å². The maximum atomic E-state index is 5.57. The first-order valence-electron chi connectivity index (χ1n) is 9.47. The molecule has 0 unspecified atom stereocenters. The van der Waals surface area contributed by atoms with Crippen molar-refractivity contribution in [2.45, 2.75) is 32.7 Å². The number of aliphatic imine (C=N–C) groups is 1. The molecule has 0 saturated carbocycles. The molecule has 1 fully saturated rings. The summed E-state index contributed by atoms with van der Waals surface area (Å²) >= 11 is 0. The fourth-order valence-electron chi connectivity index (χ4n) is 3.18. The summed E-state index contributed by atoms with van der Waals surface area (Å²) in [6, 6.07) is 6.01. The van der Waals surface area contributed by atoms with Crippen LogP contribution in [-0.4, -0.2) is 58.4 Å². The molecule has 1 saturated heterocycles. The van der Waals surface area contributed by atoms with E-state index >= 15 is 0 Å². The minimum atomic E-state index is 0. The minimum absolute atomic E-state index is 0. The van der Waals surface area contributed by atoms with Crippen LogP contribution in [0.15, 0.2) is 23.2 Å². The molecule has 27 heavy (non-hydrogen) atoms. The first kappa shape index (κ1) is 23.8. The highest BCUT2D eigenvalue weighted by Crippen LogP contribution is 2.28. The van der Waals surface area contributed by atoms with Gasteiger partial charge in [0.05, 0.1) is 13.7 Å². The molecule has 0 bridgehead atoms. The van der Waals surface area contributed by atoms with Crippen LogP contribution in [-0.2, 0) is 11.3 Å². The van der Waals surface area contributed by atoms with Gasteiger partial charge < -0.3 is 24.4 Å². The van der Waals surface area contributed by atoms with Crippen LogP contribution in [0.5, 0.6) is 11.5 Å². The van der Waals surface area contributed by atoms with Gasteiger partial charge in [-0.2, -0.15) is 0 Å². The lowest BCUT2D eigenvalue weighted by atomic mass is 9.96. The number of methoxy groups -OCH3 is 1. The van der Waals surface area contributed by atoms with Gasteiger partial charge in [0.2, 0.25) is 0 Å². The molecule has 6 nitrogen and oxygen atoms in total. The van der Waals surface area contributed by atoms with Crippen molar-refractivity contribution in [1.82, 2.24) is 10.2 Å². The summed E-state index contributed by atoms with van der Waals surface area (Å²) in [6.07, 6.45) is 3.52. The number of hydrogen-bond donors (Lipinski definition) is 1. The Hall–Kier alpha value is -1.22. The predicted octanol–water partition coefficient (Wildman–Crippen LogP) is 3.54. The molecule has 0 amide bonds. The molecule has 1 aliphatic rings. The summed E-state index contributed by atoms with van der Waals surface area (Å²) in [4.78, 5) is 6.60. The van der Waals surface area contributed by atoms with E-state index in [2.05, 4.69) is 28.3 Å². The van der Waals surface area contributed by atoms with E-state index < -0.39 is 0 Å². The van der Waals surface area contributed by atoms with Crippen molar-refractivity contribution >= 4 is 29.9 Å².